The maximum absolute atomic E-state index is 12.6. The molecule has 0 heterocycles. The summed E-state index contributed by atoms with van der Waals surface area (Å²) in [6.45, 7) is 0. The molecule has 3 aromatic rings. The molecule has 0 saturated carbocycles. The lowest BCUT2D eigenvalue weighted by molar-refractivity contribution is -0.121. The first-order chi connectivity index (χ1) is 13.1. The van der Waals surface area contributed by atoms with Gasteiger partial charge in [0.25, 0.3) is 0 Å². The van der Waals surface area contributed by atoms with Crippen LogP contribution in [0.15, 0.2) is 78.9 Å². The quantitative estimate of drug-likeness (QED) is 0.724. The standard InChI is InChI=1S/C23H19NO3/c24-22(25)21-19-9-5-4-8-18(19)14-20(21)27-23(26)17-12-10-16(11-13-17)15-6-2-1-3-7-15/h1-13,20-21H,14H2,(H2,24,25). The average Bonchev–Trinajstić information content (AvgIpc) is 3.06. The third-order valence-corrected chi connectivity index (χ3v) is 4.98. The molecule has 0 bridgehead atoms. The number of rotatable bonds is 4. The Morgan fingerprint density at radius 3 is 2.15 bits per heavy atom. The largest absolute Gasteiger partial charge is 0.457 e. The van der Waals surface area contributed by atoms with Gasteiger partial charge in [-0.25, -0.2) is 4.79 Å². The molecule has 27 heavy (non-hydrogen) atoms. The van der Waals surface area contributed by atoms with Crippen LogP contribution in [0.3, 0.4) is 0 Å². The summed E-state index contributed by atoms with van der Waals surface area (Å²) in [4.78, 5) is 24.5. The van der Waals surface area contributed by atoms with Crippen LogP contribution in [0.1, 0.15) is 27.4 Å². The van der Waals surface area contributed by atoms with Gasteiger partial charge in [0.2, 0.25) is 5.91 Å². The van der Waals surface area contributed by atoms with Crippen molar-refractivity contribution in [1.82, 2.24) is 0 Å². The molecule has 1 aliphatic carbocycles. The van der Waals surface area contributed by atoms with Crippen LogP contribution in [0.5, 0.6) is 0 Å². The Morgan fingerprint density at radius 2 is 1.44 bits per heavy atom. The number of nitrogens with two attached hydrogens (primary N) is 1. The fourth-order valence-electron chi connectivity index (χ4n) is 3.64. The van der Waals surface area contributed by atoms with Crippen LogP contribution >= 0.6 is 0 Å². The first kappa shape index (κ1) is 17.0. The number of carbonyl (C=O) groups is 2. The predicted molar refractivity (Wildman–Crippen MR) is 103 cm³/mol. The molecule has 0 fully saturated rings. The molecule has 0 aromatic heterocycles. The smallest absolute Gasteiger partial charge is 0.338 e. The van der Waals surface area contributed by atoms with Crippen LogP contribution < -0.4 is 5.73 Å². The van der Waals surface area contributed by atoms with Gasteiger partial charge in [-0.15, -0.1) is 0 Å². The maximum atomic E-state index is 12.6. The van der Waals surface area contributed by atoms with Crippen molar-refractivity contribution in [2.45, 2.75) is 18.4 Å². The number of primary amides is 1. The lowest BCUT2D eigenvalue weighted by atomic mass is 9.99. The third kappa shape index (κ3) is 3.34. The number of carbonyl (C=O) groups excluding carboxylic acids is 2. The normalized spacial score (nSPS) is 17.9. The molecule has 0 spiro atoms. The van der Waals surface area contributed by atoms with Gasteiger partial charge in [-0.05, 0) is 34.4 Å². The van der Waals surface area contributed by atoms with E-state index in [4.69, 9.17) is 10.5 Å². The Kier molecular flexibility index (Phi) is 4.47. The molecule has 2 atom stereocenters. The van der Waals surface area contributed by atoms with Crippen molar-refractivity contribution in [3.63, 3.8) is 0 Å². The van der Waals surface area contributed by atoms with E-state index in [1.807, 2.05) is 66.7 Å². The average molecular weight is 357 g/mol. The molecule has 0 radical (unpaired) electrons. The van der Waals surface area contributed by atoms with Crippen molar-refractivity contribution in [2.75, 3.05) is 0 Å². The number of amides is 1. The summed E-state index contributed by atoms with van der Waals surface area (Å²) in [5.74, 6) is -1.52. The van der Waals surface area contributed by atoms with Gasteiger partial charge in [-0.3, -0.25) is 4.79 Å². The highest BCUT2D eigenvalue weighted by Gasteiger charge is 2.38. The van der Waals surface area contributed by atoms with E-state index in [9.17, 15) is 9.59 Å². The zero-order valence-corrected chi connectivity index (χ0v) is 14.7. The van der Waals surface area contributed by atoms with E-state index in [0.29, 0.717) is 12.0 Å². The summed E-state index contributed by atoms with van der Waals surface area (Å²) in [7, 11) is 0. The molecule has 3 aromatic carbocycles. The van der Waals surface area contributed by atoms with Gasteiger partial charge < -0.3 is 10.5 Å². The third-order valence-electron chi connectivity index (χ3n) is 4.98. The Morgan fingerprint density at radius 1 is 0.815 bits per heavy atom. The summed E-state index contributed by atoms with van der Waals surface area (Å²) in [5, 5.41) is 0. The second-order valence-electron chi connectivity index (χ2n) is 6.67. The number of benzene rings is 3. The van der Waals surface area contributed by atoms with Gasteiger partial charge >= 0.3 is 5.97 Å². The molecule has 4 nitrogen and oxygen atoms in total. The summed E-state index contributed by atoms with van der Waals surface area (Å²) in [6.07, 6.45) is -0.0707. The number of hydrogen-bond acceptors (Lipinski definition) is 3. The summed E-state index contributed by atoms with van der Waals surface area (Å²) in [6, 6.07) is 24.8. The molecule has 4 rings (SSSR count). The van der Waals surface area contributed by atoms with Crippen LogP contribution in [-0.2, 0) is 16.0 Å². The molecule has 134 valence electrons. The van der Waals surface area contributed by atoms with Crippen molar-refractivity contribution >= 4 is 11.9 Å². The van der Waals surface area contributed by atoms with Crippen LogP contribution in [0.25, 0.3) is 11.1 Å². The lowest BCUT2D eigenvalue weighted by Gasteiger charge is -2.18. The molecule has 2 unspecified atom stereocenters. The molecule has 1 amide bonds. The second-order valence-corrected chi connectivity index (χ2v) is 6.67. The fraction of sp³-hybridized carbons (Fsp3) is 0.130. The molecular weight excluding hydrogens is 338 g/mol. The van der Waals surface area contributed by atoms with Crippen LogP contribution in [0.4, 0.5) is 0 Å². The minimum absolute atomic E-state index is 0.446. The number of esters is 1. The highest BCUT2D eigenvalue weighted by molar-refractivity contribution is 5.91. The Labute approximate surface area is 157 Å². The van der Waals surface area contributed by atoms with Gasteiger partial charge in [0.05, 0.1) is 5.56 Å². The lowest BCUT2D eigenvalue weighted by Crippen LogP contribution is -2.32. The molecular formula is C23H19NO3. The first-order valence-corrected chi connectivity index (χ1v) is 8.87. The second kappa shape index (κ2) is 7.08. The fourth-order valence-corrected chi connectivity index (χ4v) is 3.64. The summed E-state index contributed by atoms with van der Waals surface area (Å²) >= 11 is 0. The number of fused-ring (bicyclic) bond motifs is 1. The van der Waals surface area contributed by atoms with E-state index in [1.54, 1.807) is 12.1 Å². The SMILES string of the molecule is NC(=O)C1c2ccccc2CC1OC(=O)c1ccc(-c2ccccc2)cc1. The Hall–Kier alpha value is -3.40. The Bertz CT molecular complexity index is 980. The van der Waals surface area contributed by atoms with Crippen LogP contribution in [-0.4, -0.2) is 18.0 Å². The minimum Gasteiger partial charge on any atom is -0.457 e. The Balaban J connectivity index is 1.52. The highest BCUT2D eigenvalue weighted by atomic mass is 16.5. The molecule has 4 heteroatoms. The molecule has 0 saturated heterocycles. The van der Waals surface area contributed by atoms with E-state index in [1.165, 1.54) is 0 Å². The van der Waals surface area contributed by atoms with E-state index < -0.39 is 23.9 Å². The van der Waals surface area contributed by atoms with Gasteiger partial charge in [-0.1, -0.05) is 66.7 Å². The highest BCUT2D eigenvalue weighted by Crippen LogP contribution is 2.35. The van der Waals surface area contributed by atoms with Gasteiger partial charge in [0.1, 0.15) is 12.0 Å². The first-order valence-electron chi connectivity index (χ1n) is 8.87. The topological polar surface area (TPSA) is 69.4 Å². The van der Waals surface area contributed by atoms with Crippen LogP contribution in [0, 0.1) is 0 Å². The maximum Gasteiger partial charge on any atom is 0.338 e. The van der Waals surface area contributed by atoms with E-state index >= 15 is 0 Å². The zero-order chi connectivity index (χ0) is 18.8. The molecule has 1 aliphatic rings. The molecule has 0 aliphatic heterocycles. The van der Waals surface area contributed by atoms with Gasteiger partial charge in [0, 0.05) is 6.42 Å². The van der Waals surface area contributed by atoms with E-state index in [0.717, 1.165) is 22.3 Å². The number of ether oxygens (including phenoxy) is 1. The van der Waals surface area contributed by atoms with E-state index in [-0.39, 0.29) is 0 Å². The van der Waals surface area contributed by atoms with Gasteiger partial charge in [-0.2, -0.15) is 0 Å². The zero-order valence-electron chi connectivity index (χ0n) is 14.7. The number of hydrogen-bond donors (Lipinski definition) is 1. The predicted octanol–water partition coefficient (Wildman–Crippen LogP) is 3.70. The van der Waals surface area contributed by atoms with Crippen molar-refractivity contribution in [1.29, 1.82) is 0 Å². The van der Waals surface area contributed by atoms with Gasteiger partial charge in [0.15, 0.2) is 0 Å². The van der Waals surface area contributed by atoms with E-state index in [2.05, 4.69) is 0 Å². The summed E-state index contributed by atoms with van der Waals surface area (Å²) in [5.41, 5.74) is 9.98. The van der Waals surface area contributed by atoms with Crippen molar-refractivity contribution < 1.29 is 14.3 Å². The minimum atomic E-state index is -0.603. The van der Waals surface area contributed by atoms with Crippen molar-refractivity contribution in [3.05, 3.63) is 95.6 Å². The molecule has 2 N–H and O–H groups in total. The van der Waals surface area contributed by atoms with Crippen molar-refractivity contribution in [3.8, 4) is 11.1 Å². The van der Waals surface area contributed by atoms with Crippen molar-refractivity contribution in [2.24, 2.45) is 5.73 Å². The van der Waals surface area contributed by atoms with Crippen LogP contribution in [0.2, 0.25) is 0 Å². The monoisotopic (exact) mass is 357 g/mol. The summed E-state index contributed by atoms with van der Waals surface area (Å²) < 4.78 is 5.66.